The largest absolute Gasteiger partial charge is 0.113 e. The molecular weight excluding hydrogens is 391 g/mol. The lowest BCUT2D eigenvalue weighted by Gasteiger charge is -2.24. The molecule has 0 heterocycles. The zero-order valence-electron chi connectivity index (χ0n) is 13.1. The summed E-state index contributed by atoms with van der Waals surface area (Å²) in [5, 5.41) is -0.0874. The molecule has 0 N–H and O–H groups in total. The lowest BCUT2D eigenvalue weighted by atomic mass is 9.82. The van der Waals surface area contributed by atoms with Crippen molar-refractivity contribution in [3.05, 3.63) is 68.3 Å². The fraction of sp³-hybridized carbons (Fsp3) is 0.368. The van der Waals surface area contributed by atoms with Gasteiger partial charge in [-0.15, -0.1) is 11.6 Å². The molecule has 0 aromatic heterocycles. The Labute approximate surface area is 147 Å². The van der Waals surface area contributed by atoms with Gasteiger partial charge in [0.2, 0.25) is 0 Å². The molecule has 0 saturated carbocycles. The van der Waals surface area contributed by atoms with Crippen LogP contribution in [-0.4, -0.2) is 0 Å². The number of benzene rings is 2. The zero-order chi connectivity index (χ0) is 15.6. The summed E-state index contributed by atoms with van der Waals surface area (Å²) in [7, 11) is 0. The van der Waals surface area contributed by atoms with Crippen LogP contribution in [0.15, 0.2) is 42.5 Å². The summed E-state index contributed by atoms with van der Waals surface area (Å²) < 4.78 is 1.26. The van der Waals surface area contributed by atoms with Gasteiger partial charge in [-0.1, -0.05) is 63.2 Å². The summed E-state index contributed by atoms with van der Waals surface area (Å²) in [6.45, 7) is 8.92. The first-order valence-corrected chi connectivity index (χ1v) is 8.88. The standard InChI is InChI=1S/C19H22ClI/c1-5-19(3,4)15-11-9-14(10-12-15)17(20)16-8-6-7-13(2)18(16)21/h6-12,17H,5H2,1-4H3. The molecule has 2 aromatic carbocycles. The third kappa shape index (κ3) is 3.62. The molecule has 0 amide bonds. The molecule has 2 heteroatoms. The van der Waals surface area contributed by atoms with Gasteiger partial charge in [0.05, 0.1) is 5.38 Å². The highest BCUT2D eigenvalue weighted by molar-refractivity contribution is 14.1. The van der Waals surface area contributed by atoms with Crippen molar-refractivity contribution in [1.29, 1.82) is 0 Å². The Morgan fingerprint density at radius 1 is 1.10 bits per heavy atom. The van der Waals surface area contributed by atoms with Gasteiger partial charge < -0.3 is 0 Å². The lowest BCUT2D eigenvalue weighted by Crippen LogP contribution is -2.15. The van der Waals surface area contributed by atoms with Crippen molar-refractivity contribution in [2.24, 2.45) is 0 Å². The monoisotopic (exact) mass is 412 g/mol. The zero-order valence-corrected chi connectivity index (χ0v) is 16.0. The minimum atomic E-state index is -0.0874. The van der Waals surface area contributed by atoms with E-state index in [4.69, 9.17) is 11.6 Å². The first-order valence-electron chi connectivity index (χ1n) is 7.36. The molecule has 0 aliphatic heterocycles. The number of hydrogen-bond donors (Lipinski definition) is 0. The van der Waals surface area contributed by atoms with Crippen LogP contribution < -0.4 is 0 Å². The molecule has 21 heavy (non-hydrogen) atoms. The lowest BCUT2D eigenvalue weighted by molar-refractivity contribution is 0.506. The Morgan fingerprint density at radius 3 is 2.29 bits per heavy atom. The third-order valence-corrected chi connectivity index (χ3v) is 6.32. The topological polar surface area (TPSA) is 0 Å². The van der Waals surface area contributed by atoms with Crippen LogP contribution in [0.2, 0.25) is 0 Å². The molecule has 0 aliphatic carbocycles. The van der Waals surface area contributed by atoms with E-state index in [2.05, 4.69) is 92.8 Å². The SMILES string of the molecule is CCC(C)(C)c1ccc(C(Cl)c2cccc(C)c2I)cc1. The van der Waals surface area contributed by atoms with Gasteiger partial charge in [0, 0.05) is 3.57 Å². The Morgan fingerprint density at radius 2 is 1.71 bits per heavy atom. The average molecular weight is 413 g/mol. The number of rotatable bonds is 4. The van der Waals surface area contributed by atoms with Crippen LogP contribution in [0.5, 0.6) is 0 Å². The predicted octanol–water partition coefficient (Wildman–Crippen LogP) is 6.62. The maximum absolute atomic E-state index is 6.70. The van der Waals surface area contributed by atoms with Gasteiger partial charge in [0.15, 0.2) is 0 Å². The van der Waals surface area contributed by atoms with Crippen LogP contribution in [0.3, 0.4) is 0 Å². The summed E-state index contributed by atoms with van der Waals surface area (Å²) in [5.41, 5.74) is 5.23. The van der Waals surface area contributed by atoms with Crippen molar-refractivity contribution in [3.63, 3.8) is 0 Å². The molecule has 0 nitrogen and oxygen atoms in total. The number of halogens is 2. The van der Waals surface area contributed by atoms with E-state index >= 15 is 0 Å². The van der Waals surface area contributed by atoms with Crippen LogP contribution in [0.4, 0.5) is 0 Å². The molecular formula is C19H22ClI. The highest BCUT2D eigenvalue weighted by Crippen LogP contribution is 2.34. The quantitative estimate of drug-likeness (QED) is 0.391. The van der Waals surface area contributed by atoms with E-state index in [9.17, 15) is 0 Å². The maximum Gasteiger partial charge on any atom is 0.0845 e. The van der Waals surface area contributed by atoms with Crippen LogP contribution in [0.25, 0.3) is 0 Å². The van der Waals surface area contributed by atoms with Crippen molar-refractivity contribution >= 4 is 34.2 Å². The maximum atomic E-state index is 6.70. The van der Waals surface area contributed by atoms with Gasteiger partial charge >= 0.3 is 0 Å². The molecule has 1 atom stereocenters. The summed E-state index contributed by atoms with van der Waals surface area (Å²) in [6, 6.07) is 15.1. The molecule has 0 fully saturated rings. The van der Waals surface area contributed by atoms with Gasteiger partial charge in [-0.05, 0) is 63.6 Å². The smallest absolute Gasteiger partial charge is 0.0845 e. The van der Waals surface area contributed by atoms with E-state index in [1.165, 1.54) is 20.3 Å². The summed E-state index contributed by atoms with van der Waals surface area (Å²) in [4.78, 5) is 0. The second kappa shape index (κ2) is 6.70. The van der Waals surface area contributed by atoms with E-state index in [0.717, 1.165) is 12.0 Å². The predicted molar refractivity (Wildman–Crippen MR) is 101 cm³/mol. The molecule has 1 unspecified atom stereocenters. The van der Waals surface area contributed by atoms with Crippen LogP contribution in [0, 0.1) is 10.5 Å². The minimum Gasteiger partial charge on any atom is -0.113 e. The van der Waals surface area contributed by atoms with Crippen LogP contribution >= 0.6 is 34.2 Å². The normalized spacial score (nSPS) is 13.2. The van der Waals surface area contributed by atoms with E-state index in [1.807, 2.05) is 0 Å². The molecule has 0 spiro atoms. The molecule has 0 radical (unpaired) electrons. The van der Waals surface area contributed by atoms with E-state index < -0.39 is 0 Å². The number of alkyl halides is 1. The van der Waals surface area contributed by atoms with E-state index in [-0.39, 0.29) is 10.8 Å². The number of hydrogen-bond acceptors (Lipinski definition) is 0. The first-order chi connectivity index (χ1) is 9.86. The van der Waals surface area contributed by atoms with Crippen molar-refractivity contribution in [3.8, 4) is 0 Å². The molecule has 0 saturated heterocycles. The molecule has 2 aromatic rings. The van der Waals surface area contributed by atoms with E-state index in [0.29, 0.717) is 0 Å². The van der Waals surface area contributed by atoms with Crippen molar-refractivity contribution in [2.45, 2.75) is 44.9 Å². The van der Waals surface area contributed by atoms with Crippen LogP contribution in [-0.2, 0) is 5.41 Å². The average Bonchev–Trinajstić information content (AvgIpc) is 2.49. The van der Waals surface area contributed by atoms with Gasteiger partial charge in [-0.2, -0.15) is 0 Å². The van der Waals surface area contributed by atoms with Gasteiger partial charge in [0.25, 0.3) is 0 Å². The van der Waals surface area contributed by atoms with Gasteiger partial charge in [-0.25, -0.2) is 0 Å². The third-order valence-electron chi connectivity index (χ3n) is 4.36. The van der Waals surface area contributed by atoms with Crippen molar-refractivity contribution in [1.82, 2.24) is 0 Å². The Hall–Kier alpha value is -0.540. The summed E-state index contributed by atoms with van der Waals surface area (Å²) in [6.07, 6.45) is 1.13. The minimum absolute atomic E-state index is 0.0874. The highest BCUT2D eigenvalue weighted by Gasteiger charge is 2.19. The Balaban J connectivity index is 2.32. The summed E-state index contributed by atoms with van der Waals surface area (Å²) in [5.74, 6) is 0. The fourth-order valence-electron chi connectivity index (χ4n) is 2.35. The highest BCUT2D eigenvalue weighted by atomic mass is 127. The van der Waals surface area contributed by atoms with E-state index in [1.54, 1.807) is 0 Å². The fourth-order valence-corrected chi connectivity index (χ4v) is 3.54. The van der Waals surface area contributed by atoms with Crippen molar-refractivity contribution < 1.29 is 0 Å². The Bertz CT molecular complexity index is 614. The summed E-state index contributed by atoms with van der Waals surface area (Å²) >= 11 is 9.09. The van der Waals surface area contributed by atoms with Crippen molar-refractivity contribution in [2.75, 3.05) is 0 Å². The van der Waals surface area contributed by atoms with Gasteiger partial charge in [-0.3, -0.25) is 0 Å². The van der Waals surface area contributed by atoms with Crippen LogP contribution in [0.1, 0.15) is 54.8 Å². The molecule has 2 rings (SSSR count). The molecule has 112 valence electrons. The number of aryl methyl sites for hydroxylation is 1. The first kappa shape index (κ1) is 16.8. The molecule has 0 bridgehead atoms. The molecule has 0 aliphatic rings. The second-order valence-electron chi connectivity index (χ2n) is 6.20. The second-order valence-corrected chi connectivity index (χ2v) is 7.72. The van der Waals surface area contributed by atoms with Gasteiger partial charge in [0.1, 0.15) is 0 Å². The Kier molecular flexibility index (Phi) is 5.37.